The largest absolute Gasteiger partial charge is 0.573 e. The van der Waals surface area contributed by atoms with Gasteiger partial charge in [-0.2, -0.15) is 13.2 Å². The number of fused-ring (bicyclic) bond motifs is 1. The molecule has 0 unspecified atom stereocenters. The monoisotopic (exact) mass is 471 g/mol. The average molecular weight is 471 g/mol. The molecule has 0 bridgehead atoms. The van der Waals surface area contributed by atoms with Gasteiger partial charge in [0.05, 0.1) is 6.61 Å². The molecule has 2 aliphatic carbocycles. The van der Waals surface area contributed by atoms with E-state index in [-0.39, 0.29) is 35.6 Å². The Kier molecular flexibility index (Phi) is 5.17. The summed E-state index contributed by atoms with van der Waals surface area (Å²) in [4.78, 5) is 0. The molecule has 176 valence electrons. The summed E-state index contributed by atoms with van der Waals surface area (Å²) in [6.07, 6.45) is -4.96. The minimum atomic E-state index is -4.83. The molecular formula is C22H19F6N3O2. The van der Waals surface area contributed by atoms with Gasteiger partial charge in [-0.05, 0) is 48.8 Å². The van der Waals surface area contributed by atoms with Crippen LogP contribution >= 0.6 is 0 Å². The van der Waals surface area contributed by atoms with Gasteiger partial charge >= 0.3 is 12.5 Å². The van der Waals surface area contributed by atoms with E-state index in [9.17, 15) is 26.3 Å². The highest BCUT2D eigenvalue weighted by Crippen LogP contribution is 2.51. The quantitative estimate of drug-likeness (QED) is 0.410. The van der Waals surface area contributed by atoms with Crippen LogP contribution < -0.4 is 9.47 Å². The predicted octanol–water partition coefficient (Wildman–Crippen LogP) is 5.78. The first-order valence-corrected chi connectivity index (χ1v) is 10.5. The molecular weight excluding hydrogens is 452 g/mol. The van der Waals surface area contributed by atoms with Crippen molar-refractivity contribution in [1.29, 1.82) is 0 Å². The summed E-state index contributed by atoms with van der Waals surface area (Å²) < 4.78 is 90.6. The van der Waals surface area contributed by atoms with E-state index in [1.54, 1.807) is 6.07 Å². The van der Waals surface area contributed by atoms with Crippen LogP contribution in [0.5, 0.6) is 11.5 Å². The van der Waals surface area contributed by atoms with Gasteiger partial charge in [-0.25, -0.2) is 0 Å². The summed E-state index contributed by atoms with van der Waals surface area (Å²) >= 11 is 0. The molecule has 0 spiro atoms. The van der Waals surface area contributed by atoms with E-state index < -0.39 is 18.1 Å². The smallest absolute Gasteiger partial charge is 0.492 e. The number of hydrogen-bond acceptors (Lipinski definition) is 4. The summed E-state index contributed by atoms with van der Waals surface area (Å²) in [5, 5.41) is 7.71. The van der Waals surface area contributed by atoms with Crippen LogP contribution in [0, 0.1) is 11.8 Å². The minimum absolute atomic E-state index is 0.0761. The van der Waals surface area contributed by atoms with Crippen molar-refractivity contribution in [3.05, 3.63) is 53.5 Å². The van der Waals surface area contributed by atoms with Gasteiger partial charge in [-0.15, -0.1) is 23.4 Å². The lowest BCUT2D eigenvalue weighted by Gasteiger charge is -2.15. The molecule has 5 nitrogen and oxygen atoms in total. The van der Waals surface area contributed by atoms with Crippen molar-refractivity contribution >= 4 is 5.65 Å². The fraction of sp³-hybridized carbons (Fsp3) is 0.455. The third-order valence-electron chi connectivity index (χ3n) is 5.98. The van der Waals surface area contributed by atoms with Crippen molar-refractivity contribution in [2.24, 2.45) is 11.8 Å². The third-order valence-corrected chi connectivity index (χ3v) is 5.98. The topological polar surface area (TPSA) is 48.7 Å². The van der Waals surface area contributed by atoms with Crippen molar-refractivity contribution in [2.45, 2.75) is 44.1 Å². The molecule has 2 atom stereocenters. The number of rotatable bonds is 7. The fourth-order valence-electron chi connectivity index (χ4n) is 4.11. The first-order valence-electron chi connectivity index (χ1n) is 10.5. The summed E-state index contributed by atoms with van der Waals surface area (Å²) in [5.74, 6) is -0.289. The standard InChI is InChI=1S/C22H19F6N3O2/c23-21(24,25)19-17(7-8-31-18(9-12-5-6-12)29-30-20(19)31)32-11-13-10-15(13)14-3-1-2-4-16(14)33-22(26,27)28/h1-4,7-8,12-13,15H,5-6,9-11H2/t13-,15+/m0/s1. The van der Waals surface area contributed by atoms with Gasteiger partial charge in [-0.3, -0.25) is 4.40 Å². The Morgan fingerprint density at radius 1 is 0.970 bits per heavy atom. The zero-order valence-electron chi connectivity index (χ0n) is 17.2. The van der Waals surface area contributed by atoms with Gasteiger partial charge in [0.1, 0.15) is 22.9 Å². The number of halogens is 6. The predicted molar refractivity (Wildman–Crippen MR) is 104 cm³/mol. The lowest BCUT2D eigenvalue weighted by atomic mass is 10.1. The van der Waals surface area contributed by atoms with Gasteiger partial charge in [0, 0.05) is 18.5 Å². The Morgan fingerprint density at radius 3 is 2.42 bits per heavy atom. The van der Waals surface area contributed by atoms with Crippen molar-refractivity contribution in [3.8, 4) is 11.5 Å². The second-order valence-electron chi connectivity index (χ2n) is 8.51. The van der Waals surface area contributed by atoms with E-state index in [1.807, 2.05) is 0 Å². The molecule has 0 aliphatic heterocycles. The van der Waals surface area contributed by atoms with E-state index >= 15 is 0 Å². The molecule has 1 aromatic carbocycles. The van der Waals surface area contributed by atoms with Gasteiger partial charge in [0.25, 0.3) is 0 Å². The van der Waals surface area contributed by atoms with E-state index in [1.165, 1.54) is 34.9 Å². The lowest BCUT2D eigenvalue weighted by Crippen LogP contribution is -2.18. The molecule has 2 fully saturated rings. The molecule has 2 aromatic heterocycles. The zero-order chi connectivity index (χ0) is 23.4. The summed E-state index contributed by atoms with van der Waals surface area (Å²) in [6, 6.07) is 7.01. The van der Waals surface area contributed by atoms with Crippen LogP contribution in [0.3, 0.4) is 0 Å². The van der Waals surface area contributed by atoms with Crippen LogP contribution in [-0.2, 0) is 12.6 Å². The molecule has 0 N–H and O–H groups in total. The number of para-hydroxylation sites is 1. The number of hydrogen-bond donors (Lipinski definition) is 0. The molecule has 3 aromatic rings. The first kappa shape index (κ1) is 21.8. The Labute approximate surface area is 184 Å². The van der Waals surface area contributed by atoms with Crippen LogP contribution in [0.4, 0.5) is 26.3 Å². The molecule has 0 saturated heterocycles. The molecule has 0 amide bonds. The van der Waals surface area contributed by atoms with E-state index in [0.717, 1.165) is 12.8 Å². The van der Waals surface area contributed by atoms with Gasteiger partial charge in [0.2, 0.25) is 0 Å². The van der Waals surface area contributed by atoms with Crippen molar-refractivity contribution in [2.75, 3.05) is 6.61 Å². The highest BCUT2D eigenvalue weighted by Gasteiger charge is 2.44. The zero-order valence-corrected chi connectivity index (χ0v) is 17.2. The highest BCUT2D eigenvalue weighted by molar-refractivity contribution is 5.57. The average Bonchev–Trinajstić information content (AvgIpc) is 3.63. The van der Waals surface area contributed by atoms with Gasteiger partial charge in [0.15, 0.2) is 5.65 Å². The Bertz CT molecular complexity index is 1170. The Balaban J connectivity index is 1.34. The van der Waals surface area contributed by atoms with E-state index in [0.29, 0.717) is 30.1 Å². The Morgan fingerprint density at radius 2 is 1.73 bits per heavy atom. The molecule has 2 saturated carbocycles. The molecule has 0 radical (unpaired) electrons. The molecule has 33 heavy (non-hydrogen) atoms. The van der Waals surface area contributed by atoms with E-state index in [4.69, 9.17) is 4.74 Å². The number of benzene rings is 1. The molecule has 2 heterocycles. The van der Waals surface area contributed by atoms with Gasteiger partial charge < -0.3 is 9.47 Å². The van der Waals surface area contributed by atoms with Crippen LogP contribution in [0.1, 0.15) is 42.1 Å². The highest BCUT2D eigenvalue weighted by atomic mass is 19.4. The van der Waals surface area contributed by atoms with Crippen LogP contribution in [0.2, 0.25) is 0 Å². The van der Waals surface area contributed by atoms with Crippen molar-refractivity contribution < 1.29 is 35.8 Å². The number of ether oxygens (including phenoxy) is 2. The second-order valence-corrected chi connectivity index (χ2v) is 8.51. The summed E-state index contributed by atoms with van der Waals surface area (Å²) in [5.41, 5.74) is -0.957. The molecule has 2 aliphatic rings. The Hall–Kier alpha value is -2.98. The summed E-state index contributed by atoms with van der Waals surface area (Å²) in [6.45, 7) is -0.0761. The molecule has 5 rings (SSSR count). The third kappa shape index (κ3) is 4.72. The SMILES string of the molecule is FC(F)(F)Oc1ccccc1[C@@H]1C[C@H]1COc1ccn2c(CC3CC3)nnc2c1C(F)(F)F. The first-order chi connectivity index (χ1) is 15.6. The van der Waals surface area contributed by atoms with E-state index in [2.05, 4.69) is 14.9 Å². The maximum absolute atomic E-state index is 13.9. The second kappa shape index (κ2) is 7.81. The maximum atomic E-state index is 13.9. The van der Waals surface area contributed by atoms with Crippen LogP contribution in [-0.4, -0.2) is 27.6 Å². The number of pyridine rings is 1. The summed E-state index contributed by atoms with van der Waals surface area (Å²) in [7, 11) is 0. The maximum Gasteiger partial charge on any atom is 0.573 e. The van der Waals surface area contributed by atoms with Crippen molar-refractivity contribution in [1.82, 2.24) is 14.6 Å². The lowest BCUT2D eigenvalue weighted by molar-refractivity contribution is -0.274. The fourth-order valence-corrected chi connectivity index (χ4v) is 4.11. The van der Waals surface area contributed by atoms with Crippen LogP contribution in [0.25, 0.3) is 5.65 Å². The minimum Gasteiger partial charge on any atom is -0.492 e. The van der Waals surface area contributed by atoms with Gasteiger partial charge in [-0.1, -0.05) is 18.2 Å². The number of alkyl halides is 6. The van der Waals surface area contributed by atoms with Crippen LogP contribution in [0.15, 0.2) is 36.5 Å². The normalized spacial score (nSPS) is 20.8. The number of aromatic nitrogens is 3. The number of nitrogens with zero attached hydrogens (tertiary/aromatic N) is 3. The molecule has 11 heteroatoms. The van der Waals surface area contributed by atoms with Crippen molar-refractivity contribution in [3.63, 3.8) is 0 Å².